The SMILES string of the molecule is COc1cccc(C(=O)N2CCNCC2(C)C)c1. The zero-order valence-corrected chi connectivity index (χ0v) is 11.2. The molecule has 0 radical (unpaired) electrons. The van der Waals surface area contributed by atoms with Gasteiger partial charge >= 0.3 is 0 Å². The molecule has 0 unspecified atom stereocenters. The quantitative estimate of drug-likeness (QED) is 0.862. The first kappa shape index (κ1) is 12.9. The number of carbonyl (C=O) groups is 1. The molecule has 1 fully saturated rings. The van der Waals surface area contributed by atoms with Crippen LogP contribution >= 0.6 is 0 Å². The van der Waals surface area contributed by atoms with E-state index in [1.54, 1.807) is 13.2 Å². The summed E-state index contributed by atoms with van der Waals surface area (Å²) in [5.41, 5.74) is 0.530. The molecule has 1 amide bonds. The van der Waals surface area contributed by atoms with Crippen LogP contribution in [0, 0.1) is 0 Å². The fourth-order valence-corrected chi connectivity index (χ4v) is 2.27. The van der Waals surface area contributed by atoms with Crippen molar-refractivity contribution in [1.82, 2.24) is 10.2 Å². The summed E-state index contributed by atoms with van der Waals surface area (Å²) in [5, 5.41) is 3.32. The minimum atomic E-state index is -0.154. The lowest BCUT2D eigenvalue weighted by Crippen LogP contribution is -2.59. The summed E-state index contributed by atoms with van der Waals surface area (Å²) in [6.45, 7) is 6.57. The second-order valence-corrected chi connectivity index (χ2v) is 5.18. The molecular weight excluding hydrogens is 228 g/mol. The zero-order chi connectivity index (χ0) is 13.2. The number of piperazine rings is 1. The summed E-state index contributed by atoms with van der Waals surface area (Å²) < 4.78 is 5.16. The van der Waals surface area contributed by atoms with Crippen LogP contribution < -0.4 is 10.1 Å². The maximum absolute atomic E-state index is 12.5. The van der Waals surface area contributed by atoms with Crippen LogP contribution in [0.15, 0.2) is 24.3 Å². The van der Waals surface area contributed by atoms with Gasteiger partial charge in [-0.2, -0.15) is 0 Å². The molecular formula is C14H20N2O2. The Labute approximate surface area is 108 Å². The summed E-state index contributed by atoms with van der Waals surface area (Å²) in [4.78, 5) is 14.5. The third-order valence-electron chi connectivity index (χ3n) is 3.36. The van der Waals surface area contributed by atoms with E-state index in [1.807, 2.05) is 23.1 Å². The molecule has 1 N–H and O–H groups in total. The van der Waals surface area contributed by atoms with Crippen molar-refractivity contribution in [3.8, 4) is 5.75 Å². The second kappa shape index (κ2) is 4.98. The average Bonchev–Trinajstić information content (AvgIpc) is 2.37. The van der Waals surface area contributed by atoms with E-state index in [2.05, 4.69) is 19.2 Å². The number of rotatable bonds is 2. The Hall–Kier alpha value is -1.55. The van der Waals surface area contributed by atoms with Gasteiger partial charge in [0.05, 0.1) is 12.6 Å². The van der Waals surface area contributed by atoms with Gasteiger partial charge in [-0.15, -0.1) is 0 Å². The Balaban J connectivity index is 2.24. The van der Waals surface area contributed by atoms with Gasteiger partial charge in [0, 0.05) is 25.2 Å². The lowest BCUT2D eigenvalue weighted by molar-refractivity contribution is 0.0477. The van der Waals surface area contributed by atoms with Gasteiger partial charge in [-0.3, -0.25) is 4.79 Å². The van der Waals surface area contributed by atoms with E-state index in [0.717, 1.165) is 19.6 Å². The van der Waals surface area contributed by atoms with Crippen molar-refractivity contribution in [3.05, 3.63) is 29.8 Å². The maximum Gasteiger partial charge on any atom is 0.254 e. The molecule has 2 rings (SSSR count). The molecule has 0 atom stereocenters. The maximum atomic E-state index is 12.5. The van der Waals surface area contributed by atoms with Gasteiger partial charge in [0.2, 0.25) is 0 Å². The number of hydrogen-bond donors (Lipinski definition) is 1. The van der Waals surface area contributed by atoms with Crippen molar-refractivity contribution < 1.29 is 9.53 Å². The normalized spacial score (nSPS) is 18.5. The number of methoxy groups -OCH3 is 1. The highest BCUT2D eigenvalue weighted by atomic mass is 16.5. The zero-order valence-electron chi connectivity index (χ0n) is 11.2. The molecule has 98 valence electrons. The van der Waals surface area contributed by atoms with Gasteiger partial charge in [-0.25, -0.2) is 0 Å². The lowest BCUT2D eigenvalue weighted by Gasteiger charge is -2.42. The summed E-state index contributed by atoms with van der Waals surface area (Å²) in [7, 11) is 1.61. The van der Waals surface area contributed by atoms with E-state index in [0.29, 0.717) is 11.3 Å². The van der Waals surface area contributed by atoms with Gasteiger partial charge in [-0.05, 0) is 32.0 Å². The number of carbonyl (C=O) groups excluding carboxylic acids is 1. The van der Waals surface area contributed by atoms with Crippen molar-refractivity contribution in [2.75, 3.05) is 26.7 Å². The predicted octanol–water partition coefficient (Wildman–Crippen LogP) is 1.52. The first-order chi connectivity index (χ1) is 8.54. The highest BCUT2D eigenvalue weighted by Crippen LogP contribution is 2.21. The standard InChI is InChI=1S/C14H20N2O2/c1-14(2)10-15-7-8-16(14)13(17)11-5-4-6-12(9-11)18-3/h4-6,9,15H,7-8,10H2,1-3H3. The Kier molecular flexibility index (Phi) is 3.57. The van der Waals surface area contributed by atoms with Gasteiger partial charge in [0.15, 0.2) is 0 Å². The molecule has 0 aliphatic carbocycles. The molecule has 1 saturated heterocycles. The van der Waals surface area contributed by atoms with E-state index < -0.39 is 0 Å². The monoisotopic (exact) mass is 248 g/mol. The van der Waals surface area contributed by atoms with Crippen LogP contribution in [0.1, 0.15) is 24.2 Å². The lowest BCUT2D eigenvalue weighted by atomic mass is 9.98. The summed E-state index contributed by atoms with van der Waals surface area (Å²) >= 11 is 0. The second-order valence-electron chi connectivity index (χ2n) is 5.18. The summed E-state index contributed by atoms with van der Waals surface area (Å²) in [6, 6.07) is 7.32. The fraction of sp³-hybridized carbons (Fsp3) is 0.500. The van der Waals surface area contributed by atoms with Crippen LogP contribution in [0.25, 0.3) is 0 Å². The fourth-order valence-electron chi connectivity index (χ4n) is 2.27. The molecule has 1 aliphatic heterocycles. The molecule has 0 bridgehead atoms. The summed E-state index contributed by atoms with van der Waals surface area (Å²) in [5.74, 6) is 0.786. The minimum absolute atomic E-state index is 0.0698. The van der Waals surface area contributed by atoms with Gasteiger partial charge in [-0.1, -0.05) is 6.07 Å². The third-order valence-corrected chi connectivity index (χ3v) is 3.36. The first-order valence-corrected chi connectivity index (χ1v) is 6.21. The highest BCUT2D eigenvalue weighted by molar-refractivity contribution is 5.95. The van der Waals surface area contributed by atoms with Crippen LogP contribution in [0.3, 0.4) is 0 Å². The molecule has 1 aromatic rings. The van der Waals surface area contributed by atoms with Crippen LogP contribution in [-0.2, 0) is 0 Å². The van der Waals surface area contributed by atoms with Gasteiger partial charge in [0.25, 0.3) is 5.91 Å². The first-order valence-electron chi connectivity index (χ1n) is 6.21. The summed E-state index contributed by atoms with van der Waals surface area (Å²) in [6.07, 6.45) is 0. The van der Waals surface area contributed by atoms with Crippen molar-refractivity contribution in [1.29, 1.82) is 0 Å². The number of benzene rings is 1. The van der Waals surface area contributed by atoms with Crippen molar-refractivity contribution in [2.24, 2.45) is 0 Å². The Morgan fingerprint density at radius 3 is 2.89 bits per heavy atom. The van der Waals surface area contributed by atoms with Gasteiger partial charge < -0.3 is 15.0 Å². The number of hydrogen-bond acceptors (Lipinski definition) is 3. The van der Waals surface area contributed by atoms with Crippen LogP contribution in [0.4, 0.5) is 0 Å². The van der Waals surface area contributed by atoms with Crippen LogP contribution in [-0.4, -0.2) is 43.1 Å². The molecule has 4 nitrogen and oxygen atoms in total. The van der Waals surface area contributed by atoms with Crippen LogP contribution in [0.2, 0.25) is 0 Å². The number of nitrogens with zero attached hydrogens (tertiary/aromatic N) is 1. The van der Waals surface area contributed by atoms with E-state index >= 15 is 0 Å². The van der Waals surface area contributed by atoms with Crippen LogP contribution in [0.5, 0.6) is 5.75 Å². The largest absolute Gasteiger partial charge is 0.497 e. The van der Waals surface area contributed by atoms with E-state index in [4.69, 9.17) is 4.74 Å². The smallest absolute Gasteiger partial charge is 0.254 e. The Bertz CT molecular complexity index is 443. The molecule has 18 heavy (non-hydrogen) atoms. The molecule has 1 aliphatic rings. The average molecular weight is 248 g/mol. The minimum Gasteiger partial charge on any atom is -0.497 e. The van der Waals surface area contributed by atoms with E-state index in [-0.39, 0.29) is 11.4 Å². The van der Waals surface area contributed by atoms with Crippen molar-refractivity contribution >= 4 is 5.91 Å². The number of ether oxygens (including phenoxy) is 1. The molecule has 1 aromatic carbocycles. The van der Waals surface area contributed by atoms with Crippen molar-refractivity contribution in [3.63, 3.8) is 0 Å². The topological polar surface area (TPSA) is 41.6 Å². The molecule has 0 saturated carbocycles. The molecule has 4 heteroatoms. The molecule has 0 aromatic heterocycles. The van der Waals surface area contributed by atoms with Gasteiger partial charge in [0.1, 0.15) is 5.75 Å². The highest BCUT2D eigenvalue weighted by Gasteiger charge is 2.33. The number of nitrogens with one attached hydrogen (secondary N) is 1. The van der Waals surface area contributed by atoms with E-state index in [1.165, 1.54) is 0 Å². The van der Waals surface area contributed by atoms with Crippen molar-refractivity contribution in [2.45, 2.75) is 19.4 Å². The Morgan fingerprint density at radius 1 is 1.44 bits per heavy atom. The number of amides is 1. The third kappa shape index (κ3) is 2.48. The Morgan fingerprint density at radius 2 is 2.22 bits per heavy atom. The van der Waals surface area contributed by atoms with E-state index in [9.17, 15) is 4.79 Å². The molecule has 1 heterocycles. The predicted molar refractivity (Wildman–Crippen MR) is 71.0 cm³/mol. The molecule has 0 spiro atoms.